The Morgan fingerprint density at radius 1 is 1.00 bits per heavy atom. The predicted octanol–water partition coefficient (Wildman–Crippen LogP) is 4.09. The Kier molecular flexibility index (Phi) is 10.1. The Hall–Kier alpha value is -4.07. The van der Waals surface area contributed by atoms with Crippen LogP contribution in [0.5, 0.6) is 0 Å². The minimum absolute atomic E-state index is 0.0137. The molecule has 234 valence electrons. The molecule has 5 N–H and O–H groups in total. The van der Waals surface area contributed by atoms with Gasteiger partial charge in [-0.25, -0.2) is 18.1 Å². The van der Waals surface area contributed by atoms with Crippen molar-refractivity contribution >= 4 is 38.6 Å². The summed E-state index contributed by atoms with van der Waals surface area (Å²) in [6.45, 7) is 3.23. The van der Waals surface area contributed by atoms with E-state index in [-0.39, 0.29) is 29.6 Å². The molecule has 0 unspecified atom stereocenters. The normalized spacial score (nSPS) is 17.0. The van der Waals surface area contributed by atoms with E-state index in [0.717, 1.165) is 43.2 Å². The van der Waals surface area contributed by atoms with Crippen LogP contribution >= 0.6 is 0 Å². The first kappa shape index (κ1) is 31.4. The maximum Gasteiger partial charge on any atom is 0.261 e. The van der Waals surface area contributed by atoms with E-state index in [2.05, 4.69) is 27.3 Å². The molecule has 0 aliphatic heterocycles. The van der Waals surface area contributed by atoms with Crippen LogP contribution in [0.1, 0.15) is 68.3 Å². The maximum atomic E-state index is 13.2. The van der Waals surface area contributed by atoms with Crippen molar-refractivity contribution in [3.63, 3.8) is 0 Å². The van der Waals surface area contributed by atoms with Gasteiger partial charge in [0.25, 0.3) is 15.9 Å². The molecule has 0 atom stereocenters. The number of anilines is 2. The Balaban J connectivity index is 1.36. The number of unbranched alkanes of at least 4 members (excludes halogenated alkanes) is 1. The number of fused-ring (bicyclic) bond motifs is 1. The molecule has 2 heterocycles. The molecule has 4 aromatic rings. The van der Waals surface area contributed by atoms with Crippen molar-refractivity contribution in [3.05, 3.63) is 60.3 Å². The predicted molar refractivity (Wildman–Crippen MR) is 169 cm³/mol. The summed E-state index contributed by atoms with van der Waals surface area (Å²) in [7, 11) is -3.90. The minimum Gasteiger partial charge on any atom is -0.396 e. The number of amides is 1. The Labute approximate surface area is 257 Å². The monoisotopic (exact) mass is 621 g/mol. The van der Waals surface area contributed by atoms with Gasteiger partial charge in [0.2, 0.25) is 5.95 Å². The van der Waals surface area contributed by atoms with Gasteiger partial charge < -0.3 is 20.8 Å². The van der Waals surface area contributed by atoms with Crippen molar-refractivity contribution in [2.24, 2.45) is 0 Å². The topological polar surface area (TPSA) is 171 Å². The number of aromatic nitrogens is 4. The standard InChI is InChI=1S/C31H39N7O5S/c1-2-3-17-33-31-34-20-27-28(36-38(29(27)35-31)24-11-13-25(40)14-12-24)21-7-15-26(16-8-21)44(42,43)37-23-9-5-22(6-10-23)30(41)32-18-4-19-39/h5-10,15-16,20,24-25,37,39-40H,2-4,11-14,17-19H2,1H3,(H,32,41)(H,33,34,35). The van der Waals surface area contributed by atoms with E-state index in [0.29, 0.717) is 54.3 Å². The van der Waals surface area contributed by atoms with Gasteiger partial charge in [-0.15, -0.1) is 0 Å². The fraction of sp³-hybridized carbons (Fsp3) is 0.419. The molecule has 0 spiro atoms. The minimum atomic E-state index is -3.90. The molecule has 0 radical (unpaired) electrons. The first-order chi connectivity index (χ1) is 21.3. The van der Waals surface area contributed by atoms with Crippen LogP contribution in [0.25, 0.3) is 22.3 Å². The Morgan fingerprint density at radius 2 is 1.73 bits per heavy atom. The molecular weight excluding hydrogens is 582 g/mol. The van der Waals surface area contributed by atoms with Crippen LogP contribution in [0.3, 0.4) is 0 Å². The lowest BCUT2D eigenvalue weighted by atomic mass is 9.93. The highest BCUT2D eigenvalue weighted by Gasteiger charge is 2.26. The van der Waals surface area contributed by atoms with Gasteiger partial charge in [0.15, 0.2) is 5.65 Å². The van der Waals surface area contributed by atoms with E-state index in [1.165, 1.54) is 36.4 Å². The van der Waals surface area contributed by atoms with Gasteiger partial charge in [0, 0.05) is 42.7 Å². The number of hydrogen-bond acceptors (Lipinski definition) is 9. The van der Waals surface area contributed by atoms with Crippen LogP contribution in [0.15, 0.2) is 59.6 Å². The average molecular weight is 622 g/mol. The summed E-state index contributed by atoms with van der Waals surface area (Å²) in [4.78, 5) is 21.6. The zero-order valence-corrected chi connectivity index (χ0v) is 25.6. The second-order valence-corrected chi connectivity index (χ2v) is 12.7. The largest absolute Gasteiger partial charge is 0.396 e. The number of rotatable bonds is 13. The summed E-state index contributed by atoms with van der Waals surface area (Å²) in [6, 6.07) is 12.7. The lowest BCUT2D eigenvalue weighted by Crippen LogP contribution is -2.25. The van der Waals surface area contributed by atoms with Crippen molar-refractivity contribution < 1.29 is 23.4 Å². The fourth-order valence-corrected chi connectivity index (χ4v) is 6.29. The highest BCUT2D eigenvalue weighted by atomic mass is 32.2. The van der Waals surface area contributed by atoms with Crippen molar-refractivity contribution in [2.75, 3.05) is 29.7 Å². The number of carbonyl (C=O) groups is 1. The molecule has 1 aliphatic rings. The highest BCUT2D eigenvalue weighted by Crippen LogP contribution is 2.35. The zero-order valence-electron chi connectivity index (χ0n) is 24.7. The van der Waals surface area contributed by atoms with E-state index >= 15 is 0 Å². The fourth-order valence-electron chi connectivity index (χ4n) is 5.23. The van der Waals surface area contributed by atoms with E-state index < -0.39 is 10.0 Å². The van der Waals surface area contributed by atoms with Gasteiger partial charge in [-0.2, -0.15) is 10.1 Å². The number of nitrogens with zero attached hydrogens (tertiary/aromatic N) is 4. The van der Waals surface area contributed by atoms with Crippen LogP contribution in [0.4, 0.5) is 11.6 Å². The molecule has 5 rings (SSSR count). The van der Waals surface area contributed by atoms with E-state index in [9.17, 15) is 18.3 Å². The van der Waals surface area contributed by atoms with E-state index in [4.69, 9.17) is 15.2 Å². The lowest BCUT2D eigenvalue weighted by Gasteiger charge is -2.25. The van der Waals surface area contributed by atoms with Crippen LogP contribution in [-0.4, -0.2) is 70.1 Å². The molecule has 2 aromatic carbocycles. The SMILES string of the molecule is CCCCNc1ncc2c(-c3ccc(S(=O)(=O)Nc4ccc(C(=O)NCCCO)cc4)cc3)nn(C3CCC(O)CC3)c2n1. The summed E-state index contributed by atoms with van der Waals surface area (Å²) in [5, 5.41) is 30.6. The number of aliphatic hydroxyl groups excluding tert-OH is 2. The third-order valence-electron chi connectivity index (χ3n) is 7.73. The molecule has 0 bridgehead atoms. The molecule has 2 aromatic heterocycles. The maximum absolute atomic E-state index is 13.2. The van der Waals surface area contributed by atoms with Gasteiger partial charge >= 0.3 is 0 Å². The van der Waals surface area contributed by atoms with Gasteiger partial charge in [0.05, 0.1) is 22.4 Å². The van der Waals surface area contributed by atoms with Gasteiger partial charge in [-0.1, -0.05) is 25.5 Å². The molecule has 1 saturated carbocycles. The van der Waals surface area contributed by atoms with Gasteiger partial charge in [0.1, 0.15) is 5.69 Å². The summed E-state index contributed by atoms with van der Waals surface area (Å²) in [6.07, 6.45) is 6.97. The second-order valence-electron chi connectivity index (χ2n) is 11.0. The molecule has 1 amide bonds. The van der Waals surface area contributed by atoms with Gasteiger partial charge in [-0.05, 0) is 74.9 Å². The van der Waals surface area contributed by atoms with Crippen molar-refractivity contribution in [3.8, 4) is 11.3 Å². The number of aliphatic hydroxyl groups is 2. The molecule has 13 heteroatoms. The number of sulfonamides is 1. The number of carbonyl (C=O) groups excluding carboxylic acids is 1. The number of benzene rings is 2. The van der Waals surface area contributed by atoms with Crippen LogP contribution < -0.4 is 15.4 Å². The first-order valence-electron chi connectivity index (χ1n) is 15.1. The summed E-state index contributed by atoms with van der Waals surface area (Å²) >= 11 is 0. The summed E-state index contributed by atoms with van der Waals surface area (Å²) in [5.74, 6) is 0.242. The number of hydrogen-bond donors (Lipinski definition) is 5. The quantitative estimate of drug-likeness (QED) is 0.138. The smallest absolute Gasteiger partial charge is 0.261 e. The molecule has 1 aliphatic carbocycles. The molecule has 0 saturated heterocycles. The number of nitrogens with one attached hydrogen (secondary N) is 3. The molecule has 44 heavy (non-hydrogen) atoms. The third kappa shape index (κ3) is 7.34. The molecular formula is C31H39N7O5S. The Bertz CT molecular complexity index is 1670. The van der Waals surface area contributed by atoms with Crippen molar-refractivity contribution in [1.82, 2.24) is 25.1 Å². The molecule has 1 fully saturated rings. The van der Waals surface area contributed by atoms with E-state index in [1.807, 2.05) is 4.68 Å². The third-order valence-corrected chi connectivity index (χ3v) is 9.13. The highest BCUT2D eigenvalue weighted by molar-refractivity contribution is 7.92. The molecule has 12 nitrogen and oxygen atoms in total. The Morgan fingerprint density at radius 3 is 2.41 bits per heavy atom. The van der Waals surface area contributed by atoms with Crippen LogP contribution in [0.2, 0.25) is 0 Å². The van der Waals surface area contributed by atoms with Crippen molar-refractivity contribution in [2.45, 2.75) is 68.9 Å². The second kappa shape index (κ2) is 14.1. The lowest BCUT2D eigenvalue weighted by molar-refractivity contribution is 0.0951. The zero-order chi connectivity index (χ0) is 31.1. The summed E-state index contributed by atoms with van der Waals surface area (Å²) in [5.41, 5.74) is 2.81. The van der Waals surface area contributed by atoms with Gasteiger partial charge in [-0.3, -0.25) is 9.52 Å². The van der Waals surface area contributed by atoms with E-state index in [1.54, 1.807) is 18.3 Å². The van der Waals surface area contributed by atoms with Crippen LogP contribution in [-0.2, 0) is 10.0 Å². The summed E-state index contributed by atoms with van der Waals surface area (Å²) < 4.78 is 30.8. The first-order valence-corrected chi connectivity index (χ1v) is 16.6. The van der Waals surface area contributed by atoms with Crippen molar-refractivity contribution in [1.29, 1.82) is 0 Å². The average Bonchev–Trinajstić information content (AvgIpc) is 3.41. The van der Waals surface area contributed by atoms with Crippen LogP contribution in [0, 0.1) is 0 Å².